The maximum Gasteiger partial charge on any atom is 0.102 e. The van der Waals surface area contributed by atoms with Crippen LogP contribution in [0.3, 0.4) is 0 Å². The van der Waals surface area contributed by atoms with Crippen molar-refractivity contribution in [3.05, 3.63) is 24.4 Å². The van der Waals surface area contributed by atoms with E-state index in [1.165, 1.54) is 0 Å². The lowest BCUT2D eigenvalue weighted by Gasteiger charge is -2.22. The van der Waals surface area contributed by atoms with Gasteiger partial charge in [0.05, 0.1) is 0 Å². The van der Waals surface area contributed by atoms with Gasteiger partial charge in [-0.2, -0.15) is 0 Å². The van der Waals surface area contributed by atoms with Crippen LogP contribution in [-0.2, 0) is 0 Å². The zero-order chi connectivity index (χ0) is 14.8. The first-order valence-electron chi connectivity index (χ1n) is 7.23. The molecule has 0 aromatic rings. The Morgan fingerprint density at radius 2 is 2.00 bits per heavy atom. The molecular formula is C16H30N2O. The summed E-state index contributed by atoms with van der Waals surface area (Å²) in [4.78, 5) is 4.37. The second-order valence-electron chi connectivity index (χ2n) is 5.34. The molecule has 3 N–H and O–H groups in total. The lowest BCUT2D eigenvalue weighted by Crippen LogP contribution is -2.26. The largest absolute Gasteiger partial charge is 0.379 e. The van der Waals surface area contributed by atoms with E-state index < -0.39 is 6.23 Å². The fourth-order valence-electron chi connectivity index (χ4n) is 1.89. The number of nitrogens with two attached hydrogens (primary N) is 1. The van der Waals surface area contributed by atoms with Crippen molar-refractivity contribution in [2.75, 3.05) is 0 Å². The van der Waals surface area contributed by atoms with Gasteiger partial charge in [-0.25, -0.2) is 0 Å². The number of aliphatic imine (C=N–C) groups is 1. The van der Waals surface area contributed by atoms with Crippen molar-refractivity contribution in [3.63, 3.8) is 0 Å². The van der Waals surface area contributed by atoms with E-state index >= 15 is 0 Å². The number of allylic oxidation sites excluding steroid dienone is 2. The first-order valence-corrected chi connectivity index (χ1v) is 7.23. The van der Waals surface area contributed by atoms with Crippen LogP contribution in [0.15, 0.2) is 29.4 Å². The molecule has 0 heterocycles. The van der Waals surface area contributed by atoms with Gasteiger partial charge in [0.2, 0.25) is 0 Å². The average Bonchev–Trinajstić information content (AvgIpc) is 2.36. The molecule has 0 radical (unpaired) electrons. The highest BCUT2D eigenvalue weighted by molar-refractivity contribution is 5.66. The molecule has 3 heteroatoms. The van der Waals surface area contributed by atoms with Gasteiger partial charge in [0.1, 0.15) is 6.23 Å². The number of aliphatic hydroxyl groups is 1. The van der Waals surface area contributed by atoms with Gasteiger partial charge in [-0.15, -0.1) is 0 Å². The van der Waals surface area contributed by atoms with E-state index in [0.29, 0.717) is 12.3 Å². The summed E-state index contributed by atoms with van der Waals surface area (Å²) in [6.45, 7) is 12.6. The second kappa shape index (κ2) is 9.93. The van der Waals surface area contributed by atoms with E-state index in [4.69, 9.17) is 5.73 Å². The standard InChI is InChI=1S/C16H30N2O/c1-6-12(3)8-9-18-11-15(13(4)7-2)14(5)10-16(17)19/h8-9,11-12,14-16,19H,4,6-7,10,17H2,1-3,5H3/b9-8-,18-11?. The minimum atomic E-state index is -0.772. The Kier molecular flexibility index (Phi) is 9.44. The number of hydrogen-bond donors (Lipinski definition) is 2. The van der Waals surface area contributed by atoms with Crippen molar-refractivity contribution in [3.8, 4) is 0 Å². The highest BCUT2D eigenvalue weighted by atomic mass is 16.3. The fourth-order valence-corrected chi connectivity index (χ4v) is 1.89. The summed E-state index contributed by atoms with van der Waals surface area (Å²) in [5.41, 5.74) is 6.59. The Labute approximate surface area is 118 Å². The van der Waals surface area contributed by atoms with Gasteiger partial charge >= 0.3 is 0 Å². The van der Waals surface area contributed by atoms with Crippen LogP contribution < -0.4 is 5.73 Å². The van der Waals surface area contributed by atoms with Crippen LogP contribution in [0.5, 0.6) is 0 Å². The predicted molar refractivity (Wildman–Crippen MR) is 84.0 cm³/mol. The normalized spacial score (nSPS) is 18.6. The van der Waals surface area contributed by atoms with E-state index in [2.05, 4.69) is 45.3 Å². The Balaban J connectivity index is 4.64. The summed E-state index contributed by atoms with van der Waals surface area (Å²) in [6.07, 6.45) is 7.71. The van der Waals surface area contributed by atoms with Crippen LogP contribution in [0.25, 0.3) is 0 Å². The summed E-state index contributed by atoms with van der Waals surface area (Å²) < 4.78 is 0. The van der Waals surface area contributed by atoms with Crippen LogP contribution >= 0.6 is 0 Å². The molecular weight excluding hydrogens is 236 g/mol. The van der Waals surface area contributed by atoms with Gasteiger partial charge < -0.3 is 10.8 Å². The molecule has 3 nitrogen and oxygen atoms in total. The molecule has 0 amide bonds. The monoisotopic (exact) mass is 266 g/mol. The van der Waals surface area contributed by atoms with Gasteiger partial charge in [0, 0.05) is 18.3 Å². The van der Waals surface area contributed by atoms with Crippen molar-refractivity contribution in [2.45, 2.75) is 53.2 Å². The number of rotatable bonds is 9. The molecule has 0 spiro atoms. The van der Waals surface area contributed by atoms with Crippen LogP contribution in [0.4, 0.5) is 0 Å². The van der Waals surface area contributed by atoms with Crippen molar-refractivity contribution >= 4 is 6.21 Å². The second-order valence-corrected chi connectivity index (χ2v) is 5.34. The minimum absolute atomic E-state index is 0.171. The van der Waals surface area contributed by atoms with Gasteiger partial charge in [0.25, 0.3) is 0 Å². The Morgan fingerprint density at radius 3 is 2.47 bits per heavy atom. The zero-order valence-corrected chi connectivity index (χ0v) is 12.8. The fraction of sp³-hybridized carbons (Fsp3) is 0.688. The SMILES string of the molecule is C=C(CC)C(C=N/C=C\C(C)CC)C(C)CC(N)O. The summed E-state index contributed by atoms with van der Waals surface area (Å²) in [5, 5.41) is 9.29. The van der Waals surface area contributed by atoms with Crippen molar-refractivity contribution in [1.29, 1.82) is 0 Å². The summed E-state index contributed by atoms with van der Waals surface area (Å²) >= 11 is 0. The Bertz CT molecular complexity index is 308. The van der Waals surface area contributed by atoms with E-state index in [1.807, 2.05) is 12.4 Å². The highest BCUT2D eigenvalue weighted by Crippen LogP contribution is 2.23. The third kappa shape index (κ3) is 7.96. The number of aliphatic hydroxyl groups excluding tert-OH is 1. The molecule has 0 saturated heterocycles. The third-order valence-electron chi connectivity index (χ3n) is 3.54. The topological polar surface area (TPSA) is 58.6 Å². The van der Waals surface area contributed by atoms with E-state index in [0.717, 1.165) is 18.4 Å². The predicted octanol–water partition coefficient (Wildman–Crippen LogP) is 3.50. The molecule has 0 fully saturated rings. The van der Waals surface area contributed by atoms with Gasteiger partial charge in [-0.3, -0.25) is 4.99 Å². The smallest absolute Gasteiger partial charge is 0.102 e. The van der Waals surface area contributed by atoms with E-state index in [-0.39, 0.29) is 11.8 Å². The van der Waals surface area contributed by atoms with Gasteiger partial charge in [0.15, 0.2) is 0 Å². The Morgan fingerprint density at radius 1 is 1.37 bits per heavy atom. The van der Waals surface area contributed by atoms with Crippen LogP contribution in [0.1, 0.15) is 47.0 Å². The quantitative estimate of drug-likeness (QED) is 0.381. The molecule has 0 aliphatic carbocycles. The molecule has 4 atom stereocenters. The first kappa shape index (κ1) is 18.1. The molecule has 4 unspecified atom stereocenters. The Hall–Kier alpha value is -0.930. The van der Waals surface area contributed by atoms with Crippen molar-refractivity contribution in [1.82, 2.24) is 0 Å². The molecule has 19 heavy (non-hydrogen) atoms. The van der Waals surface area contributed by atoms with E-state index in [1.54, 1.807) is 0 Å². The summed E-state index contributed by atoms with van der Waals surface area (Å²) in [7, 11) is 0. The zero-order valence-electron chi connectivity index (χ0n) is 12.8. The maximum absolute atomic E-state index is 9.29. The maximum atomic E-state index is 9.29. The molecule has 0 aromatic carbocycles. The lowest BCUT2D eigenvalue weighted by atomic mass is 9.85. The minimum Gasteiger partial charge on any atom is -0.379 e. The molecule has 0 bridgehead atoms. The third-order valence-corrected chi connectivity index (χ3v) is 3.54. The van der Waals surface area contributed by atoms with Crippen LogP contribution in [-0.4, -0.2) is 17.5 Å². The molecule has 0 saturated carbocycles. The average molecular weight is 266 g/mol. The van der Waals surface area contributed by atoms with Crippen LogP contribution in [0.2, 0.25) is 0 Å². The van der Waals surface area contributed by atoms with Gasteiger partial charge in [-0.1, -0.05) is 52.3 Å². The van der Waals surface area contributed by atoms with E-state index in [9.17, 15) is 5.11 Å². The summed E-state index contributed by atoms with van der Waals surface area (Å²) in [5.74, 6) is 0.964. The molecule has 0 aromatic heterocycles. The lowest BCUT2D eigenvalue weighted by molar-refractivity contribution is 0.147. The van der Waals surface area contributed by atoms with Crippen molar-refractivity contribution < 1.29 is 5.11 Å². The number of hydrogen-bond acceptors (Lipinski definition) is 3. The van der Waals surface area contributed by atoms with Gasteiger partial charge in [-0.05, 0) is 24.7 Å². The molecule has 0 rings (SSSR count). The molecule has 0 aliphatic heterocycles. The first-order chi connectivity index (χ1) is 8.92. The molecule has 110 valence electrons. The summed E-state index contributed by atoms with van der Waals surface area (Å²) in [6, 6.07) is 0. The van der Waals surface area contributed by atoms with Crippen molar-refractivity contribution in [2.24, 2.45) is 28.5 Å². The molecule has 0 aliphatic rings. The highest BCUT2D eigenvalue weighted by Gasteiger charge is 2.19. The van der Waals surface area contributed by atoms with Crippen LogP contribution in [0, 0.1) is 17.8 Å². The number of nitrogens with zero attached hydrogens (tertiary/aromatic N) is 1.